The van der Waals surface area contributed by atoms with Crippen LogP contribution < -0.4 is 14.8 Å². The van der Waals surface area contributed by atoms with E-state index in [1.54, 1.807) is 17.4 Å². The smallest absolute Gasteiger partial charge is 0.237 e. The van der Waals surface area contributed by atoms with Gasteiger partial charge in [-0.3, -0.25) is 4.79 Å². The molecule has 4 rings (SSSR count). The van der Waals surface area contributed by atoms with E-state index in [4.69, 9.17) is 9.47 Å². The summed E-state index contributed by atoms with van der Waals surface area (Å²) in [5.41, 5.74) is 1.87. The van der Waals surface area contributed by atoms with Gasteiger partial charge < -0.3 is 14.8 Å². The first-order valence-corrected chi connectivity index (χ1v) is 10.7. The number of fused-ring (bicyclic) bond motifs is 2. The Morgan fingerprint density at radius 3 is 2.71 bits per heavy atom. The van der Waals surface area contributed by atoms with Gasteiger partial charge >= 0.3 is 0 Å². The van der Waals surface area contributed by atoms with Crippen LogP contribution in [0.15, 0.2) is 23.2 Å². The lowest BCUT2D eigenvalue weighted by molar-refractivity contribution is -0.115. The van der Waals surface area contributed by atoms with E-state index < -0.39 is 0 Å². The fraction of sp³-hybridized carbons (Fsp3) is 0.350. The summed E-state index contributed by atoms with van der Waals surface area (Å²) < 4.78 is 11.1. The second-order valence-electron chi connectivity index (χ2n) is 6.65. The maximum Gasteiger partial charge on any atom is 0.237 e. The first-order valence-electron chi connectivity index (χ1n) is 9.04. The molecule has 0 aliphatic carbocycles. The second-order valence-corrected chi connectivity index (χ2v) is 9.18. The van der Waals surface area contributed by atoms with Gasteiger partial charge in [0.1, 0.15) is 28.9 Å². The lowest BCUT2D eigenvalue weighted by atomic mass is 10.2. The molecule has 1 aliphatic rings. The maximum absolute atomic E-state index is 12.8. The molecule has 0 radical (unpaired) electrons. The van der Waals surface area contributed by atoms with Crippen LogP contribution in [-0.2, 0) is 4.79 Å². The SMILES string of the molecule is Cc1nc(S[C@H](C)C(=O)Nc2ccc3c(c2)OCCO3)c2c(C)c(C)sc2n1. The van der Waals surface area contributed by atoms with Crippen molar-refractivity contribution in [3.05, 3.63) is 34.5 Å². The van der Waals surface area contributed by atoms with Crippen LogP contribution >= 0.6 is 23.1 Å². The fourth-order valence-corrected chi connectivity index (χ4v) is 5.18. The largest absolute Gasteiger partial charge is 0.486 e. The van der Waals surface area contributed by atoms with Gasteiger partial charge in [0.2, 0.25) is 5.91 Å². The van der Waals surface area contributed by atoms with Gasteiger partial charge in [-0.2, -0.15) is 0 Å². The zero-order chi connectivity index (χ0) is 19.8. The Hall–Kier alpha value is -2.32. The van der Waals surface area contributed by atoms with Gasteiger partial charge in [0.05, 0.1) is 5.25 Å². The highest BCUT2D eigenvalue weighted by molar-refractivity contribution is 8.00. The van der Waals surface area contributed by atoms with E-state index in [2.05, 4.69) is 29.1 Å². The van der Waals surface area contributed by atoms with E-state index in [1.807, 2.05) is 26.0 Å². The van der Waals surface area contributed by atoms with Crippen LogP contribution in [0, 0.1) is 20.8 Å². The lowest BCUT2D eigenvalue weighted by Gasteiger charge is -2.19. The Bertz CT molecular complexity index is 1060. The van der Waals surface area contributed by atoms with E-state index >= 15 is 0 Å². The zero-order valence-corrected chi connectivity index (χ0v) is 17.8. The fourth-order valence-electron chi connectivity index (χ4n) is 2.99. The number of hydrogen-bond acceptors (Lipinski definition) is 7. The van der Waals surface area contributed by atoms with Crippen LogP contribution in [0.25, 0.3) is 10.2 Å². The topological polar surface area (TPSA) is 73.3 Å². The van der Waals surface area contributed by atoms with E-state index in [9.17, 15) is 4.79 Å². The molecule has 1 N–H and O–H groups in total. The number of amides is 1. The van der Waals surface area contributed by atoms with Gasteiger partial charge in [0.15, 0.2) is 11.5 Å². The normalized spacial score (nSPS) is 14.1. The molecule has 0 spiro atoms. The van der Waals surface area contributed by atoms with Crippen molar-refractivity contribution in [2.75, 3.05) is 18.5 Å². The quantitative estimate of drug-likeness (QED) is 0.499. The molecule has 8 heteroatoms. The lowest BCUT2D eigenvalue weighted by Crippen LogP contribution is -2.23. The minimum absolute atomic E-state index is 0.0873. The average Bonchev–Trinajstić information content (AvgIpc) is 2.95. The van der Waals surface area contributed by atoms with Crippen LogP contribution in [0.4, 0.5) is 5.69 Å². The summed E-state index contributed by atoms with van der Waals surface area (Å²) in [6.45, 7) is 8.99. The number of nitrogens with one attached hydrogen (secondary N) is 1. The number of thiophene rings is 1. The Morgan fingerprint density at radius 2 is 1.93 bits per heavy atom. The first-order chi connectivity index (χ1) is 13.4. The van der Waals surface area contributed by atoms with Crippen molar-refractivity contribution in [3.63, 3.8) is 0 Å². The summed E-state index contributed by atoms with van der Waals surface area (Å²) in [4.78, 5) is 24.1. The zero-order valence-electron chi connectivity index (χ0n) is 16.2. The summed E-state index contributed by atoms with van der Waals surface area (Å²) in [5.74, 6) is 1.99. The Kier molecular flexibility index (Phi) is 5.16. The number of anilines is 1. The van der Waals surface area contributed by atoms with Crippen LogP contribution in [0.3, 0.4) is 0 Å². The number of ether oxygens (including phenoxy) is 2. The second kappa shape index (κ2) is 7.60. The minimum atomic E-state index is -0.315. The monoisotopic (exact) mass is 415 g/mol. The molecule has 1 atom stereocenters. The predicted octanol–water partition coefficient (Wildman–Crippen LogP) is 4.51. The molecule has 28 heavy (non-hydrogen) atoms. The van der Waals surface area contributed by atoms with Crippen molar-refractivity contribution < 1.29 is 14.3 Å². The standard InChI is InChI=1S/C20H21N3O3S2/c1-10-11(2)27-19-17(10)20(22-13(4)21-19)28-12(3)18(24)23-14-5-6-15-16(9-14)26-8-7-25-15/h5-6,9,12H,7-8H2,1-4H3,(H,23,24)/t12-/m1/s1. The molecule has 0 fully saturated rings. The van der Waals surface area contributed by atoms with Gasteiger partial charge in [-0.1, -0.05) is 11.8 Å². The van der Waals surface area contributed by atoms with Crippen molar-refractivity contribution >= 4 is 44.9 Å². The number of carbonyl (C=O) groups is 1. The highest BCUT2D eigenvalue weighted by atomic mass is 32.2. The molecule has 3 aromatic rings. The minimum Gasteiger partial charge on any atom is -0.486 e. The molecular weight excluding hydrogens is 394 g/mol. The van der Waals surface area contributed by atoms with Crippen molar-refractivity contribution in [1.29, 1.82) is 0 Å². The number of aryl methyl sites for hydroxylation is 3. The number of hydrogen-bond donors (Lipinski definition) is 1. The van der Waals surface area contributed by atoms with Crippen LogP contribution in [0.5, 0.6) is 11.5 Å². The highest BCUT2D eigenvalue weighted by Gasteiger charge is 2.21. The highest BCUT2D eigenvalue weighted by Crippen LogP contribution is 2.37. The number of nitrogens with zero attached hydrogens (tertiary/aromatic N) is 2. The van der Waals surface area contributed by atoms with Crippen LogP contribution in [-0.4, -0.2) is 34.3 Å². The van der Waals surface area contributed by atoms with E-state index in [0.29, 0.717) is 30.4 Å². The molecule has 146 valence electrons. The molecule has 0 bridgehead atoms. The number of aromatic nitrogens is 2. The number of thioether (sulfide) groups is 1. The third-order valence-electron chi connectivity index (χ3n) is 4.57. The van der Waals surface area contributed by atoms with Gasteiger partial charge in [-0.05, 0) is 45.4 Å². The first kappa shape index (κ1) is 19.0. The molecular formula is C20H21N3O3S2. The predicted molar refractivity (Wildman–Crippen MR) is 113 cm³/mol. The van der Waals surface area contributed by atoms with Crippen LogP contribution in [0.2, 0.25) is 0 Å². The van der Waals surface area contributed by atoms with Gasteiger partial charge in [-0.15, -0.1) is 11.3 Å². The van der Waals surface area contributed by atoms with Crippen molar-refractivity contribution in [2.45, 2.75) is 38.0 Å². The molecule has 2 aromatic heterocycles. The van der Waals surface area contributed by atoms with Gasteiger partial charge in [0.25, 0.3) is 0 Å². The van der Waals surface area contributed by atoms with E-state index in [-0.39, 0.29) is 11.2 Å². The average molecular weight is 416 g/mol. The number of rotatable bonds is 4. The Balaban J connectivity index is 1.53. The molecule has 1 aliphatic heterocycles. The maximum atomic E-state index is 12.8. The van der Waals surface area contributed by atoms with Crippen LogP contribution in [0.1, 0.15) is 23.2 Å². The molecule has 0 saturated heterocycles. The molecule has 0 unspecified atom stereocenters. The molecule has 1 amide bonds. The Labute approximate surface area is 171 Å². The van der Waals surface area contributed by atoms with Crippen molar-refractivity contribution in [3.8, 4) is 11.5 Å². The third-order valence-corrected chi connectivity index (χ3v) is 6.76. The van der Waals surface area contributed by atoms with Gasteiger partial charge in [0, 0.05) is 22.0 Å². The summed E-state index contributed by atoms with van der Waals surface area (Å²) in [5, 5.41) is 4.55. The summed E-state index contributed by atoms with van der Waals surface area (Å²) in [6.07, 6.45) is 0. The molecule has 0 saturated carbocycles. The number of carbonyl (C=O) groups excluding carboxylic acids is 1. The van der Waals surface area contributed by atoms with Crippen molar-refractivity contribution in [2.24, 2.45) is 0 Å². The summed E-state index contributed by atoms with van der Waals surface area (Å²) >= 11 is 3.13. The molecule has 1 aromatic carbocycles. The van der Waals surface area contributed by atoms with E-state index in [1.165, 1.54) is 22.2 Å². The Morgan fingerprint density at radius 1 is 1.18 bits per heavy atom. The molecule has 3 heterocycles. The summed E-state index contributed by atoms with van der Waals surface area (Å²) in [7, 11) is 0. The van der Waals surface area contributed by atoms with Crippen molar-refractivity contribution in [1.82, 2.24) is 9.97 Å². The molecule has 6 nitrogen and oxygen atoms in total. The number of benzene rings is 1. The van der Waals surface area contributed by atoms with Gasteiger partial charge in [-0.25, -0.2) is 9.97 Å². The van der Waals surface area contributed by atoms with E-state index in [0.717, 1.165) is 21.1 Å². The third kappa shape index (κ3) is 3.66. The summed E-state index contributed by atoms with van der Waals surface area (Å²) in [6, 6.07) is 5.43.